The van der Waals surface area contributed by atoms with E-state index in [1.54, 1.807) is 21.9 Å². The largest absolute Gasteiger partial charge is 0.444 e. The van der Waals surface area contributed by atoms with Gasteiger partial charge in [-0.2, -0.15) is 0 Å². The molecule has 1 heterocycles. The number of rotatable bonds is 2. The summed E-state index contributed by atoms with van der Waals surface area (Å²) in [5.74, 6) is -0.0238. The fraction of sp³-hybridized carbons (Fsp3) is 0.444. The number of carbonyl (C=O) groups is 2. The maximum Gasteiger partial charge on any atom is 0.410 e. The van der Waals surface area contributed by atoms with Crippen LogP contribution in [0.1, 0.15) is 36.7 Å². The van der Waals surface area contributed by atoms with Crippen molar-refractivity contribution < 1.29 is 14.3 Å². The predicted molar refractivity (Wildman–Crippen MR) is 90.2 cm³/mol. The second kappa shape index (κ2) is 6.86. The number of hydrogen-bond donors (Lipinski definition) is 0. The highest BCUT2D eigenvalue weighted by atomic mass is 16.6. The number of ether oxygens (including phenoxy) is 1. The highest BCUT2D eigenvalue weighted by Crippen LogP contribution is 2.16. The average Bonchev–Trinajstić information content (AvgIpc) is 2.52. The molecule has 0 N–H and O–H groups in total. The summed E-state index contributed by atoms with van der Waals surface area (Å²) in [6, 6.07) is 7.40. The molecule has 2 rings (SSSR count). The highest BCUT2D eigenvalue weighted by molar-refractivity contribution is 5.97. The fourth-order valence-corrected chi connectivity index (χ4v) is 2.46. The predicted octanol–water partition coefficient (Wildman–Crippen LogP) is 3.02. The molecule has 1 aliphatic heterocycles. The maximum absolute atomic E-state index is 12.6. The molecule has 1 aromatic rings. The number of piperazine rings is 1. The number of benzene rings is 1. The molecule has 1 saturated heterocycles. The summed E-state index contributed by atoms with van der Waals surface area (Å²) in [6.07, 6.45) is 1.36. The molecule has 0 aliphatic carbocycles. The van der Waals surface area contributed by atoms with E-state index in [-0.39, 0.29) is 12.0 Å². The van der Waals surface area contributed by atoms with Gasteiger partial charge in [0.1, 0.15) is 5.60 Å². The number of carbonyl (C=O) groups excluding carboxylic acids is 2. The van der Waals surface area contributed by atoms with Crippen LogP contribution >= 0.6 is 0 Å². The van der Waals surface area contributed by atoms with Crippen LogP contribution in [0.3, 0.4) is 0 Å². The van der Waals surface area contributed by atoms with Crippen molar-refractivity contribution in [1.82, 2.24) is 9.80 Å². The minimum absolute atomic E-state index is 0.0238. The van der Waals surface area contributed by atoms with Crippen LogP contribution < -0.4 is 0 Å². The zero-order chi connectivity index (χ0) is 17.0. The first-order chi connectivity index (χ1) is 10.8. The van der Waals surface area contributed by atoms with Gasteiger partial charge in [0.15, 0.2) is 0 Å². The van der Waals surface area contributed by atoms with Gasteiger partial charge in [-0.25, -0.2) is 4.79 Å². The molecule has 23 heavy (non-hydrogen) atoms. The molecule has 0 bridgehead atoms. The maximum atomic E-state index is 12.6. The van der Waals surface area contributed by atoms with Crippen LogP contribution in [0.4, 0.5) is 4.79 Å². The van der Waals surface area contributed by atoms with E-state index in [1.165, 1.54) is 0 Å². The lowest BCUT2D eigenvalue weighted by molar-refractivity contribution is 0.0141. The van der Waals surface area contributed by atoms with Gasteiger partial charge >= 0.3 is 6.09 Å². The van der Waals surface area contributed by atoms with E-state index in [0.29, 0.717) is 31.7 Å². The van der Waals surface area contributed by atoms with Crippen LogP contribution in [0.25, 0.3) is 6.08 Å². The summed E-state index contributed by atoms with van der Waals surface area (Å²) < 4.78 is 5.36. The van der Waals surface area contributed by atoms with Crippen molar-refractivity contribution in [3.63, 3.8) is 0 Å². The van der Waals surface area contributed by atoms with Crippen molar-refractivity contribution in [3.05, 3.63) is 42.0 Å². The normalized spacial score (nSPS) is 15.3. The summed E-state index contributed by atoms with van der Waals surface area (Å²) in [5.41, 5.74) is 0.965. The van der Waals surface area contributed by atoms with Crippen LogP contribution in [-0.2, 0) is 4.74 Å². The molecule has 1 aliphatic rings. The molecular formula is C18H24N2O3. The molecule has 5 heteroatoms. The molecule has 124 valence electrons. The van der Waals surface area contributed by atoms with Crippen LogP contribution in [0, 0.1) is 0 Å². The van der Waals surface area contributed by atoms with Crippen LogP contribution in [0.15, 0.2) is 30.8 Å². The zero-order valence-electron chi connectivity index (χ0n) is 14.0. The molecular weight excluding hydrogens is 292 g/mol. The average molecular weight is 316 g/mol. The van der Waals surface area contributed by atoms with Crippen molar-refractivity contribution in [1.29, 1.82) is 0 Å². The van der Waals surface area contributed by atoms with Gasteiger partial charge in [0.25, 0.3) is 5.91 Å². The molecule has 0 atom stereocenters. The van der Waals surface area contributed by atoms with E-state index >= 15 is 0 Å². The lowest BCUT2D eigenvalue weighted by Gasteiger charge is -2.35. The Morgan fingerprint density at radius 2 is 1.65 bits per heavy atom. The smallest absolute Gasteiger partial charge is 0.410 e. The highest BCUT2D eigenvalue weighted by Gasteiger charge is 2.28. The Balaban J connectivity index is 1.98. The molecule has 0 radical (unpaired) electrons. The second-order valence-corrected chi connectivity index (χ2v) is 6.55. The van der Waals surface area contributed by atoms with Gasteiger partial charge in [-0.05, 0) is 32.4 Å². The number of nitrogens with zero attached hydrogens (tertiary/aromatic N) is 2. The lowest BCUT2D eigenvalue weighted by Crippen LogP contribution is -2.51. The summed E-state index contributed by atoms with van der Waals surface area (Å²) in [6.45, 7) is 11.3. The van der Waals surface area contributed by atoms with Gasteiger partial charge in [-0.1, -0.05) is 30.9 Å². The fourth-order valence-electron chi connectivity index (χ4n) is 2.46. The topological polar surface area (TPSA) is 49.9 Å². The van der Waals surface area contributed by atoms with Gasteiger partial charge < -0.3 is 14.5 Å². The minimum Gasteiger partial charge on any atom is -0.444 e. The number of amides is 2. The Hall–Kier alpha value is -2.30. The first-order valence-corrected chi connectivity index (χ1v) is 7.80. The standard InChI is InChI=1S/C18H24N2O3/c1-5-14-8-6-7-9-15(14)16(21)19-10-12-20(13-11-19)17(22)23-18(2,3)4/h5-9H,1,10-13H2,2-4H3. The molecule has 0 unspecified atom stereocenters. The lowest BCUT2D eigenvalue weighted by atomic mass is 10.1. The molecule has 1 aromatic carbocycles. The Kier molecular flexibility index (Phi) is 5.08. The van der Waals surface area contributed by atoms with Gasteiger partial charge in [0, 0.05) is 31.7 Å². The van der Waals surface area contributed by atoms with Gasteiger partial charge in [-0.3, -0.25) is 4.79 Å². The van der Waals surface area contributed by atoms with E-state index in [1.807, 2.05) is 39.0 Å². The molecule has 0 saturated carbocycles. The molecule has 1 fully saturated rings. The number of hydrogen-bond acceptors (Lipinski definition) is 3. The van der Waals surface area contributed by atoms with Crippen molar-refractivity contribution in [2.45, 2.75) is 26.4 Å². The quantitative estimate of drug-likeness (QED) is 0.842. The molecule has 2 amide bonds. The Morgan fingerprint density at radius 3 is 2.22 bits per heavy atom. The summed E-state index contributed by atoms with van der Waals surface area (Å²) in [7, 11) is 0. The van der Waals surface area contributed by atoms with Crippen LogP contribution in [-0.4, -0.2) is 53.6 Å². The SMILES string of the molecule is C=Cc1ccccc1C(=O)N1CCN(C(=O)OC(C)(C)C)CC1. The summed E-state index contributed by atoms with van der Waals surface area (Å²) in [4.78, 5) is 28.1. The van der Waals surface area contributed by atoms with Crippen molar-refractivity contribution in [3.8, 4) is 0 Å². The first-order valence-electron chi connectivity index (χ1n) is 7.80. The van der Waals surface area contributed by atoms with Crippen LogP contribution in [0.2, 0.25) is 0 Å². The minimum atomic E-state index is -0.507. The third-order valence-corrected chi connectivity index (χ3v) is 3.63. The molecule has 0 spiro atoms. The van der Waals surface area contributed by atoms with E-state index in [4.69, 9.17) is 4.74 Å². The Bertz CT molecular complexity index is 597. The van der Waals surface area contributed by atoms with E-state index in [2.05, 4.69) is 6.58 Å². The second-order valence-electron chi connectivity index (χ2n) is 6.55. The van der Waals surface area contributed by atoms with Gasteiger partial charge in [-0.15, -0.1) is 0 Å². The monoisotopic (exact) mass is 316 g/mol. The Labute approximate surface area is 137 Å². The third-order valence-electron chi connectivity index (χ3n) is 3.63. The van der Waals surface area contributed by atoms with Crippen molar-refractivity contribution >= 4 is 18.1 Å². The van der Waals surface area contributed by atoms with Crippen molar-refractivity contribution in [2.24, 2.45) is 0 Å². The first kappa shape index (κ1) is 17.1. The third kappa shape index (κ3) is 4.34. The van der Waals surface area contributed by atoms with Crippen molar-refractivity contribution in [2.75, 3.05) is 26.2 Å². The molecule has 0 aromatic heterocycles. The van der Waals surface area contributed by atoms with E-state index in [0.717, 1.165) is 5.56 Å². The van der Waals surface area contributed by atoms with E-state index < -0.39 is 5.60 Å². The van der Waals surface area contributed by atoms with Gasteiger partial charge in [0.05, 0.1) is 0 Å². The molecule has 5 nitrogen and oxygen atoms in total. The van der Waals surface area contributed by atoms with Gasteiger partial charge in [0.2, 0.25) is 0 Å². The summed E-state index contributed by atoms with van der Waals surface area (Å²) >= 11 is 0. The Morgan fingerprint density at radius 1 is 1.09 bits per heavy atom. The van der Waals surface area contributed by atoms with Crippen LogP contribution in [0.5, 0.6) is 0 Å². The zero-order valence-corrected chi connectivity index (χ0v) is 14.0. The summed E-state index contributed by atoms with van der Waals surface area (Å²) in [5, 5.41) is 0. The van der Waals surface area contributed by atoms with E-state index in [9.17, 15) is 9.59 Å².